The number of benzene rings is 1. The van der Waals surface area contributed by atoms with Gasteiger partial charge in [-0.3, -0.25) is 48.4 Å². The van der Waals surface area contributed by atoms with Crippen molar-refractivity contribution in [3.05, 3.63) is 34.3 Å². The molecule has 4 amide bonds. The first-order valence-electron chi connectivity index (χ1n) is 21.2. The van der Waals surface area contributed by atoms with Crippen LogP contribution in [-0.4, -0.2) is 184 Å². The Kier molecular flexibility index (Phi) is 29.0. The minimum absolute atomic E-state index is 0.0340. The average Bonchev–Trinajstić information content (AvgIpc) is 3.26. The summed E-state index contributed by atoms with van der Waals surface area (Å²) in [6.45, 7) is 8.65. The van der Waals surface area contributed by atoms with E-state index in [0.717, 1.165) is 10.0 Å². The largest absolute Gasteiger partial charge is 0.480 e. The fourth-order valence-corrected chi connectivity index (χ4v) is 6.89. The van der Waals surface area contributed by atoms with Crippen molar-refractivity contribution in [2.24, 2.45) is 0 Å². The summed E-state index contributed by atoms with van der Waals surface area (Å²) in [5.41, 5.74) is 0.948. The lowest BCUT2D eigenvalue weighted by Crippen LogP contribution is -2.49. The molecule has 1 aliphatic heterocycles. The number of ether oxygens (including phenoxy) is 4. The summed E-state index contributed by atoms with van der Waals surface area (Å²) in [7, 11) is 0. The second kappa shape index (κ2) is 33.6. The molecule has 1 fully saturated rings. The predicted octanol–water partition coefficient (Wildman–Crippen LogP) is 1.29. The van der Waals surface area contributed by atoms with Crippen LogP contribution in [0, 0.1) is 0 Å². The molecule has 1 saturated heterocycles. The van der Waals surface area contributed by atoms with E-state index in [-0.39, 0.29) is 57.9 Å². The van der Waals surface area contributed by atoms with Crippen LogP contribution in [0.1, 0.15) is 70.3 Å². The zero-order valence-corrected chi connectivity index (χ0v) is 37.8. The van der Waals surface area contributed by atoms with Gasteiger partial charge in [0.25, 0.3) is 25.9 Å². The van der Waals surface area contributed by atoms with Crippen molar-refractivity contribution in [3.63, 3.8) is 0 Å². The molecule has 1 aliphatic rings. The number of carbonyl (C=O) groups excluding carboxylic acids is 7. The van der Waals surface area contributed by atoms with Crippen LogP contribution in [0.4, 0.5) is 4.79 Å². The van der Waals surface area contributed by atoms with E-state index < -0.39 is 24.3 Å². The Labute approximate surface area is 377 Å². The number of carboxylic acid groups (broad SMARTS) is 1. The maximum absolute atomic E-state index is 13.5. The fraction of sp³-hybridized carbons (Fsp3) is 0.659. The van der Waals surface area contributed by atoms with Gasteiger partial charge in [-0.05, 0) is 49.8 Å². The van der Waals surface area contributed by atoms with Gasteiger partial charge in [-0.25, -0.2) is 9.59 Å². The molecule has 2 unspecified atom stereocenters. The Bertz CT molecular complexity index is 1490. The third-order valence-electron chi connectivity index (χ3n) is 10.1. The molecule has 2 rings (SSSR count). The number of carbonyl (C=O) groups is 8. The molecular formula is C41H65BrN8O13. The second-order valence-electron chi connectivity index (χ2n) is 14.9. The van der Waals surface area contributed by atoms with Crippen molar-refractivity contribution in [2.45, 2.75) is 83.5 Å². The normalized spacial score (nSPS) is 15.5. The topological polar surface area (TPSA) is 246 Å². The summed E-state index contributed by atoms with van der Waals surface area (Å²) in [4.78, 5) is 104. The number of amides is 4. The third-order valence-corrected chi connectivity index (χ3v) is 10.7. The minimum Gasteiger partial charge on any atom is -0.480 e. The highest BCUT2D eigenvalue weighted by Crippen LogP contribution is 2.15. The Balaban J connectivity index is 1.90. The lowest BCUT2D eigenvalue weighted by Gasteiger charge is -2.33. The number of hydrogen-bond acceptors (Lipinski definition) is 16. The Morgan fingerprint density at radius 1 is 0.730 bits per heavy atom. The van der Waals surface area contributed by atoms with E-state index >= 15 is 0 Å². The van der Waals surface area contributed by atoms with E-state index in [1.807, 2.05) is 43.9 Å². The van der Waals surface area contributed by atoms with Gasteiger partial charge in [0, 0.05) is 89.3 Å². The molecule has 0 aliphatic carbocycles. The van der Waals surface area contributed by atoms with Crippen LogP contribution in [-0.2, 0) is 59.1 Å². The summed E-state index contributed by atoms with van der Waals surface area (Å²) in [6.07, 6.45) is 3.39. The van der Waals surface area contributed by atoms with E-state index in [9.17, 15) is 43.5 Å². The number of carboxylic acids is 1. The zero-order valence-electron chi connectivity index (χ0n) is 36.2. The Morgan fingerprint density at radius 2 is 1.29 bits per heavy atom. The van der Waals surface area contributed by atoms with Crippen molar-refractivity contribution in [1.82, 2.24) is 40.4 Å². The number of nitrogens with zero attached hydrogens (tertiary/aromatic N) is 5. The summed E-state index contributed by atoms with van der Waals surface area (Å²) < 4.78 is 20.9. The van der Waals surface area contributed by atoms with Crippen LogP contribution >= 0.6 is 15.9 Å². The zero-order chi connectivity index (χ0) is 46.1. The molecule has 0 radical (unpaired) electrons. The van der Waals surface area contributed by atoms with Crippen LogP contribution < -0.4 is 16.0 Å². The van der Waals surface area contributed by atoms with E-state index in [1.54, 1.807) is 11.8 Å². The third kappa shape index (κ3) is 25.1. The summed E-state index contributed by atoms with van der Waals surface area (Å²) >= 11 is 3.44. The molecule has 1 aromatic carbocycles. The van der Waals surface area contributed by atoms with Crippen molar-refractivity contribution in [2.75, 3.05) is 92.2 Å². The van der Waals surface area contributed by atoms with Gasteiger partial charge in [0.2, 0.25) is 11.8 Å². The van der Waals surface area contributed by atoms with E-state index in [2.05, 4.69) is 31.9 Å². The Hall–Kier alpha value is -4.90. The number of hydrogen-bond donors (Lipinski definition) is 4. The second-order valence-corrected chi connectivity index (χ2v) is 15.8. The summed E-state index contributed by atoms with van der Waals surface area (Å²) in [5, 5.41) is 17.2. The number of rotatable bonds is 31. The number of halogens is 1. The lowest BCUT2D eigenvalue weighted by molar-refractivity contribution is -0.140. The first-order chi connectivity index (χ1) is 30.5. The fourth-order valence-electron chi connectivity index (χ4n) is 6.62. The van der Waals surface area contributed by atoms with Gasteiger partial charge in [0.15, 0.2) is 6.23 Å². The van der Waals surface area contributed by atoms with Gasteiger partial charge in [-0.15, -0.1) is 0 Å². The summed E-state index contributed by atoms with van der Waals surface area (Å²) in [6, 6.07) is 5.84. The molecule has 354 valence electrons. The molecule has 0 saturated carbocycles. The number of unbranched alkanes of at least 4 members (excludes halogenated alkanes) is 3. The van der Waals surface area contributed by atoms with Gasteiger partial charge >= 0.3 is 12.0 Å². The predicted molar refractivity (Wildman–Crippen MR) is 231 cm³/mol. The average molecular weight is 958 g/mol. The van der Waals surface area contributed by atoms with Crippen LogP contribution in [0.3, 0.4) is 0 Å². The van der Waals surface area contributed by atoms with Crippen molar-refractivity contribution >= 4 is 65.6 Å². The van der Waals surface area contributed by atoms with Crippen LogP contribution in [0.15, 0.2) is 28.7 Å². The molecule has 1 heterocycles. The molecule has 63 heavy (non-hydrogen) atoms. The maximum atomic E-state index is 13.5. The van der Waals surface area contributed by atoms with Crippen LogP contribution in [0.25, 0.3) is 0 Å². The lowest BCUT2D eigenvalue weighted by atomic mass is 10.1. The monoisotopic (exact) mass is 956 g/mol. The van der Waals surface area contributed by atoms with Crippen LogP contribution in [0.2, 0.25) is 0 Å². The van der Waals surface area contributed by atoms with Gasteiger partial charge in [-0.2, -0.15) is 0 Å². The number of aliphatic carboxylic acids is 1. The van der Waals surface area contributed by atoms with Crippen molar-refractivity contribution in [1.29, 1.82) is 0 Å². The number of urea groups is 1. The van der Waals surface area contributed by atoms with Crippen molar-refractivity contribution < 1.29 is 62.4 Å². The molecule has 21 nitrogen and oxygen atoms in total. The van der Waals surface area contributed by atoms with E-state index in [1.165, 1.54) is 0 Å². The quantitative estimate of drug-likeness (QED) is 0.0355. The first kappa shape index (κ1) is 54.2. The highest BCUT2D eigenvalue weighted by atomic mass is 79.9. The van der Waals surface area contributed by atoms with E-state index in [0.29, 0.717) is 136 Å². The smallest absolute Gasteiger partial charge is 0.326 e. The molecule has 0 aromatic heterocycles. The summed E-state index contributed by atoms with van der Waals surface area (Å²) in [5.74, 6) is -1.36. The molecule has 0 bridgehead atoms. The highest BCUT2D eigenvalue weighted by molar-refractivity contribution is 9.10. The van der Waals surface area contributed by atoms with Gasteiger partial charge in [0.05, 0.1) is 6.54 Å². The Morgan fingerprint density at radius 3 is 1.79 bits per heavy atom. The maximum Gasteiger partial charge on any atom is 0.326 e. The first-order valence-corrected chi connectivity index (χ1v) is 22.0. The molecule has 1 aromatic rings. The van der Waals surface area contributed by atoms with Crippen LogP contribution in [0.5, 0.6) is 0 Å². The standard InChI is InChI=1S/C41H65BrN8O13/c1-2-8-36(40(57)58)44-41(59)45-38(63-33-54)9-5-7-16-50(25-34-11-13-35(42)14-12-34)39(56)10-4-3-6-15-43-37(55)26-46-17-19-47(27-60-30-51)21-23-49(29-62-32-53)24-22-48(20-18-46)28-61-31-52/h11-14,30-33,36,38H,2-10,15-29H2,1H3,(H,43,55)(H,57,58)(H2,44,45,59). The minimum atomic E-state index is -1.16. The molecule has 4 N–H and O–H groups in total. The molecular weight excluding hydrogens is 892 g/mol. The highest BCUT2D eigenvalue weighted by Gasteiger charge is 2.22. The van der Waals surface area contributed by atoms with Gasteiger partial charge in [-0.1, -0.05) is 47.8 Å². The molecule has 0 spiro atoms. The van der Waals surface area contributed by atoms with E-state index in [4.69, 9.17) is 18.9 Å². The molecule has 22 heteroatoms. The van der Waals surface area contributed by atoms with Gasteiger partial charge < -0.3 is 44.9 Å². The molecule has 2 atom stereocenters. The van der Waals surface area contributed by atoms with Gasteiger partial charge in [0.1, 0.15) is 26.2 Å². The SMILES string of the molecule is CCCC(NC(=O)NC(CCCCN(Cc1ccc(Br)cc1)C(=O)CCCCCNC(=O)CN1CCN(COC=O)CCN(COC=O)CCN(COC=O)CC1)OC=O)C(=O)O. The van der Waals surface area contributed by atoms with Crippen molar-refractivity contribution in [3.8, 4) is 0 Å². The number of nitrogens with one attached hydrogen (secondary N) is 3.